The molecule has 15 heavy (non-hydrogen) atoms. The SMILES string of the molecule is O=C1NC(=O)C(Cc2ccc(Cl)cc2)N1. The van der Waals surface area contributed by atoms with Gasteiger partial charge >= 0.3 is 6.03 Å². The van der Waals surface area contributed by atoms with Gasteiger partial charge in [-0.05, 0) is 17.7 Å². The predicted octanol–water partition coefficient (Wildman–Crippen LogP) is 1.09. The second-order valence-electron chi connectivity index (χ2n) is 3.35. The Morgan fingerprint density at radius 2 is 1.87 bits per heavy atom. The van der Waals surface area contributed by atoms with Crippen molar-refractivity contribution >= 4 is 23.5 Å². The Bertz CT molecular complexity index is 402. The maximum atomic E-state index is 11.2. The average Bonchev–Trinajstić information content (AvgIpc) is 2.49. The van der Waals surface area contributed by atoms with Crippen LogP contribution in [0.25, 0.3) is 0 Å². The Hall–Kier alpha value is -1.55. The number of halogens is 1. The number of carbonyl (C=O) groups excluding carboxylic acids is 2. The summed E-state index contributed by atoms with van der Waals surface area (Å²) in [6, 6.07) is 6.27. The van der Waals surface area contributed by atoms with Gasteiger partial charge in [-0.3, -0.25) is 10.1 Å². The lowest BCUT2D eigenvalue weighted by Crippen LogP contribution is -2.30. The predicted molar refractivity (Wildman–Crippen MR) is 55.6 cm³/mol. The molecule has 78 valence electrons. The maximum absolute atomic E-state index is 11.2. The van der Waals surface area contributed by atoms with Crippen molar-refractivity contribution in [3.8, 4) is 0 Å². The van der Waals surface area contributed by atoms with Gasteiger partial charge in [0.15, 0.2) is 0 Å². The summed E-state index contributed by atoms with van der Waals surface area (Å²) in [6.45, 7) is 0. The smallest absolute Gasteiger partial charge is 0.322 e. The molecule has 3 amide bonds. The minimum absolute atomic E-state index is 0.282. The zero-order valence-corrected chi connectivity index (χ0v) is 8.54. The van der Waals surface area contributed by atoms with Gasteiger partial charge in [-0.1, -0.05) is 23.7 Å². The molecule has 0 radical (unpaired) electrons. The van der Waals surface area contributed by atoms with Crippen LogP contribution in [0.4, 0.5) is 4.79 Å². The molecular formula is C10H9ClN2O2. The molecule has 2 rings (SSSR count). The van der Waals surface area contributed by atoms with Crippen LogP contribution in [-0.2, 0) is 11.2 Å². The fourth-order valence-electron chi connectivity index (χ4n) is 1.46. The van der Waals surface area contributed by atoms with Gasteiger partial charge < -0.3 is 5.32 Å². The van der Waals surface area contributed by atoms with E-state index in [1.54, 1.807) is 12.1 Å². The molecule has 1 heterocycles. The minimum atomic E-state index is -0.473. The number of nitrogens with one attached hydrogen (secondary N) is 2. The molecule has 0 saturated carbocycles. The summed E-state index contributed by atoms with van der Waals surface area (Å²) in [4.78, 5) is 22.1. The first kappa shape index (κ1) is 9.98. The van der Waals surface area contributed by atoms with Crippen LogP contribution in [0.3, 0.4) is 0 Å². The summed E-state index contributed by atoms with van der Waals surface area (Å²) in [5.41, 5.74) is 0.960. The van der Waals surface area contributed by atoms with Gasteiger partial charge in [0.1, 0.15) is 6.04 Å². The fourth-order valence-corrected chi connectivity index (χ4v) is 1.58. The summed E-state index contributed by atoms with van der Waals surface area (Å²) in [7, 11) is 0. The Kier molecular flexibility index (Phi) is 2.60. The molecule has 1 aromatic carbocycles. The third kappa shape index (κ3) is 2.27. The topological polar surface area (TPSA) is 58.2 Å². The summed E-state index contributed by atoms with van der Waals surface area (Å²) in [6.07, 6.45) is 0.481. The van der Waals surface area contributed by atoms with E-state index in [0.29, 0.717) is 11.4 Å². The van der Waals surface area contributed by atoms with Gasteiger partial charge in [-0.15, -0.1) is 0 Å². The molecule has 1 aliphatic rings. The number of hydrogen-bond donors (Lipinski definition) is 2. The van der Waals surface area contributed by atoms with Gasteiger partial charge in [0.05, 0.1) is 0 Å². The Labute approximate surface area is 91.6 Å². The largest absolute Gasteiger partial charge is 0.326 e. The zero-order valence-electron chi connectivity index (χ0n) is 7.79. The van der Waals surface area contributed by atoms with Gasteiger partial charge in [0, 0.05) is 11.4 Å². The van der Waals surface area contributed by atoms with Gasteiger partial charge in [0.2, 0.25) is 0 Å². The highest BCUT2D eigenvalue weighted by Gasteiger charge is 2.29. The lowest BCUT2D eigenvalue weighted by molar-refractivity contribution is -0.120. The number of carbonyl (C=O) groups is 2. The first-order valence-electron chi connectivity index (χ1n) is 4.51. The second kappa shape index (κ2) is 3.90. The minimum Gasteiger partial charge on any atom is -0.326 e. The van der Waals surface area contributed by atoms with Crippen molar-refractivity contribution in [2.45, 2.75) is 12.5 Å². The van der Waals surface area contributed by atoms with Crippen LogP contribution in [0.1, 0.15) is 5.56 Å². The number of benzene rings is 1. The van der Waals surface area contributed by atoms with Crippen molar-refractivity contribution in [2.24, 2.45) is 0 Å². The highest BCUT2D eigenvalue weighted by Crippen LogP contribution is 2.12. The highest BCUT2D eigenvalue weighted by atomic mass is 35.5. The van der Waals surface area contributed by atoms with Crippen molar-refractivity contribution in [1.82, 2.24) is 10.6 Å². The van der Waals surface area contributed by atoms with Crippen LogP contribution in [0.2, 0.25) is 5.02 Å². The van der Waals surface area contributed by atoms with Gasteiger partial charge in [0.25, 0.3) is 5.91 Å². The molecule has 4 nitrogen and oxygen atoms in total. The number of imide groups is 1. The summed E-state index contributed by atoms with van der Waals surface area (Å²) < 4.78 is 0. The van der Waals surface area contributed by atoms with E-state index in [1.807, 2.05) is 12.1 Å². The monoisotopic (exact) mass is 224 g/mol. The Balaban J connectivity index is 2.06. The molecule has 0 bridgehead atoms. The van der Waals surface area contributed by atoms with E-state index in [9.17, 15) is 9.59 Å². The molecule has 0 aromatic heterocycles. The lowest BCUT2D eigenvalue weighted by Gasteiger charge is -2.06. The van der Waals surface area contributed by atoms with Crippen molar-refractivity contribution in [1.29, 1.82) is 0 Å². The zero-order chi connectivity index (χ0) is 10.8. The van der Waals surface area contributed by atoms with Crippen LogP contribution in [0.15, 0.2) is 24.3 Å². The molecule has 1 saturated heterocycles. The molecule has 0 spiro atoms. The molecule has 1 aromatic rings. The van der Waals surface area contributed by atoms with Crippen LogP contribution in [0.5, 0.6) is 0 Å². The molecule has 1 unspecified atom stereocenters. The number of rotatable bonds is 2. The number of hydrogen-bond acceptors (Lipinski definition) is 2. The lowest BCUT2D eigenvalue weighted by atomic mass is 10.1. The first-order valence-corrected chi connectivity index (χ1v) is 4.89. The standard InChI is InChI=1S/C10H9ClN2O2/c11-7-3-1-6(2-4-7)5-8-9(14)13-10(15)12-8/h1-4,8H,5H2,(H2,12,13,14,15). The van der Waals surface area contributed by atoms with E-state index in [-0.39, 0.29) is 5.91 Å². The summed E-state index contributed by atoms with van der Waals surface area (Å²) in [5, 5.41) is 5.37. The van der Waals surface area contributed by atoms with Gasteiger partial charge in [-0.2, -0.15) is 0 Å². The third-order valence-electron chi connectivity index (χ3n) is 2.21. The molecule has 1 atom stereocenters. The quantitative estimate of drug-likeness (QED) is 0.739. The van der Waals surface area contributed by atoms with Crippen LogP contribution < -0.4 is 10.6 Å². The molecular weight excluding hydrogens is 216 g/mol. The average molecular weight is 225 g/mol. The maximum Gasteiger partial charge on any atom is 0.322 e. The fraction of sp³-hybridized carbons (Fsp3) is 0.200. The molecule has 1 aliphatic heterocycles. The van der Waals surface area contributed by atoms with Gasteiger partial charge in [-0.25, -0.2) is 4.79 Å². The van der Waals surface area contributed by atoms with Crippen molar-refractivity contribution in [3.05, 3.63) is 34.9 Å². The Morgan fingerprint density at radius 1 is 1.20 bits per heavy atom. The normalized spacial score (nSPS) is 19.9. The second-order valence-corrected chi connectivity index (χ2v) is 3.78. The van der Waals surface area contributed by atoms with E-state index < -0.39 is 12.1 Å². The van der Waals surface area contributed by atoms with E-state index in [1.165, 1.54) is 0 Å². The summed E-state index contributed by atoms with van der Waals surface area (Å²) in [5.74, 6) is -0.282. The number of urea groups is 1. The van der Waals surface area contributed by atoms with Crippen molar-refractivity contribution < 1.29 is 9.59 Å². The van der Waals surface area contributed by atoms with Crippen molar-refractivity contribution in [2.75, 3.05) is 0 Å². The molecule has 5 heteroatoms. The van der Waals surface area contributed by atoms with E-state index in [0.717, 1.165) is 5.56 Å². The molecule has 2 N–H and O–H groups in total. The molecule has 0 aliphatic carbocycles. The number of amides is 3. The third-order valence-corrected chi connectivity index (χ3v) is 2.46. The van der Waals surface area contributed by atoms with Crippen LogP contribution in [-0.4, -0.2) is 18.0 Å². The summed E-state index contributed by atoms with van der Waals surface area (Å²) >= 11 is 5.73. The van der Waals surface area contributed by atoms with Crippen molar-refractivity contribution in [3.63, 3.8) is 0 Å². The highest BCUT2D eigenvalue weighted by molar-refractivity contribution is 6.30. The molecule has 1 fully saturated rings. The van der Waals surface area contributed by atoms with Crippen LogP contribution in [0, 0.1) is 0 Å². The van der Waals surface area contributed by atoms with Crippen LogP contribution >= 0.6 is 11.6 Å². The Morgan fingerprint density at radius 3 is 2.40 bits per heavy atom. The first-order chi connectivity index (χ1) is 7.15. The van der Waals surface area contributed by atoms with E-state index >= 15 is 0 Å². The van der Waals surface area contributed by atoms with E-state index in [4.69, 9.17) is 11.6 Å². The van der Waals surface area contributed by atoms with E-state index in [2.05, 4.69) is 10.6 Å².